The number of methoxy groups -OCH3 is 1. The van der Waals surface area contributed by atoms with Crippen LogP contribution in [0.4, 0.5) is 18.9 Å². The predicted molar refractivity (Wildman–Crippen MR) is 132 cm³/mol. The number of ether oxygens (including phenoxy) is 2. The number of benzene rings is 2. The van der Waals surface area contributed by atoms with Crippen molar-refractivity contribution in [2.75, 3.05) is 12.4 Å². The summed E-state index contributed by atoms with van der Waals surface area (Å²) < 4.78 is 47.5. The third-order valence-electron chi connectivity index (χ3n) is 5.40. The Bertz CT molecular complexity index is 1110. The van der Waals surface area contributed by atoms with Crippen LogP contribution in [0.5, 0.6) is 5.75 Å². The van der Waals surface area contributed by atoms with Crippen LogP contribution in [0.25, 0.3) is 0 Å². The van der Waals surface area contributed by atoms with E-state index in [4.69, 9.17) is 15.3 Å². The number of nitrogens with one attached hydrogen (secondary N) is 2. The number of hydroxylamine groups is 1. The summed E-state index contributed by atoms with van der Waals surface area (Å²) in [5, 5.41) is 2.66. The quantitative estimate of drug-likeness (QED) is 0.162. The SMILES string of the molecule is COc1ccc(NC(=O)/C=C/C(CCc2ccccc2)NOC(=O)[C@](N)(OC(=O)C(F)(F)F)C(C)C)cc1. The van der Waals surface area contributed by atoms with Gasteiger partial charge in [-0.3, -0.25) is 10.5 Å². The number of hydrogen-bond donors (Lipinski definition) is 3. The van der Waals surface area contributed by atoms with Gasteiger partial charge in [0, 0.05) is 17.7 Å². The van der Waals surface area contributed by atoms with E-state index in [0.29, 0.717) is 24.3 Å². The topological polar surface area (TPSA) is 129 Å². The fourth-order valence-electron chi connectivity index (χ4n) is 3.04. The van der Waals surface area contributed by atoms with Crippen LogP contribution in [0.15, 0.2) is 66.7 Å². The predicted octanol–water partition coefficient (Wildman–Crippen LogP) is 3.66. The zero-order valence-corrected chi connectivity index (χ0v) is 21.1. The van der Waals surface area contributed by atoms with Crippen LogP contribution in [0, 0.1) is 5.92 Å². The highest BCUT2D eigenvalue weighted by atomic mass is 19.4. The Labute approximate surface area is 218 Å². The monoisotopic (exact) mass is 537 g/mol. The molecule has 0 spiro atoms. The van der Waals surface area contributed by atoms with Crippen molar-refractivity contribution in [1.82, 2.24) is 5.48 Å². The van der Waals surface area contributed by atoms with Crippen LogP contribution in [0.1, 0.15) is 25.8 Å². The van der Waals surface area contributed by atoms with E-state index in [1.54, 1.807) is 24.3 Å². The molecule has 0 aliphatic heterocycles. The number of nitrogens with two attached hydrogens (primary N) is 1. The molecule has 1 amide bonds. The van der Waals surface area contributed by atoms with E-state index >= 15 is 0 Å². The van der Waals surface area contributed by atoms with Crippen LogP contribution >= 0.6 is 0 Å². The maximum atomic E-state index is 12.7. The Morgan fingerprint density at radius 3 is 2.18 bits per heavy atom. The average molecular weight is 538 g/mol. The molecule has 0 saturated carbocycles. The summed E-state index contributed by atoms with van der Waals surface area (Å²) in [5.74, 6) is -4.99. The molecule has 9 nitrogen and oxygen atoms in total. The summed E-state index contributed by atoms with van der Waals surface area (Å²) in [6.45, 7) is 2.59. The lowest BCUT2D eigenvalue weighted by Crippen LogP contribution is -2.59. The number of esters is 1. The largest absolute Gasteiger partial charge is 0.497 e. The van der Waals surface area contributed by atoms with Crippen molar-refractivity contribution in [3.8, 4) is 5.75 Å². The molecule has 0 aliphatic carbocycles. The molecule has 38 heavy (non-hydrogen) atoms. The second-order valence-electron chi connectivity index (χ2n) is 8.55. The lowest BCUT2D eigenvalue weighted by molar-refractivity contribution is -0.225. The second kappa shape index (κ2) is 13.6. The van der Waals surface area contributed by atoms with Crippen molar-refractivity contribution in [3.63, 3.8) is 0 Å². The number of hydrogen-bond acceptors (Lipinski definition) is 8. The lowest BCUT2D eigenvalue weighted by atomic mass is 10.0. The van der Waals surface area contributed by atoms with Crippen LogP contribution in [-0.4, -0.2) is 42.9 Å². The Morgan fingerprint density at radius 1 is 1.00 bits per heavy atom. The van der Waals surface area contributed by atoms with Gasteiger partial charge in [0.15, 0.2) is 0 Å². The van der Waals surface area contributed by atoms with Crippen molar-refractivity contribution < 1.29 is 41.9 Å². The number of rotatable bonds is 12. The zero-order chi connectivity index (χ0) is 28.3. The highest BCUT2D eigenvalue weighted by molar-refractivity contribution is 5.99. The maximum absolute atomic E-state index is 12.7. The minimum Gasteiger partial charge on any atom is -0.497 e. The molecule has 2 aromatic rings. The van der Waals surface area contributed by atoms with Gasteiger partial charge in [-0.1, -0.05) is 50.3 Å². The summed E-state index contributed by atoms with van der Waals surface area (Å²) in [7, 11) is 1.52. The molecule has 0 radical (unpaired) electrons. The molecule has 0 heterocycles. The van der Waals surface area contributed by atoms with Gasteiger partial charge in [0.2, 0.25) is 5.91 Å². The van der Waals surface area contributed by atoms with E-state index in [0.717, 1.165) is 5.56 Å². The van der Waals surface area contributed by atoms with E-state index < -0.39 is 41.7 Å². The molecule has 0 aliphatic rings. The van der Waals surface area contributed by atoms with Crippen molar-refractivity contribution in [3.05, 3.63) is 72.3 Å². The molecule has 4 N–H and O–H groups in total. The third kappa shape index (κ3) is 9.20. The summed E-state index contributed by atoms with van der Waals surface area (Å²) in [6.07, 6.45) is -1.90. The highest BCUT2D eigenvalue weighted by Crippen LogP contribution is 2.24. The molecule has 12 heteroatoms. The molecule has 2 aromatic carbocycles. The van der Waals surface area contributed by atoms with E-state index in [9.17, 15) is 27.6 Å². The lowest BCUT2D eigenvalue weighted by Gasteiger charge is -2.30. The Kier molecular flexibility index (Phi) is 10.8. The van der Waals surface area contributed by atoms with E-state index in [1.165, 1.54) is 33.1 Å². The van der Waals surface area contributed by atoms with Gasteiger partial charge in [0.25, 0.3) is 5.72 Å². The minimum atomic E-state index is -5.36. The van der Waals surface area contributed by atoms with Gasteiger partial charge in [-0.2, -0.15) is 13.2 Å². The van der Waals surface area contributed by atoms with Gasteiger partial charge in [0.05, 0.1) is 13.2 Å². The number of carbonyl (C=O) groups excluding carboxylic acids is 3. The first-order valence-corrected chi connectivity index (χ1v) is 11.6. The molecular formula is C26H30F3N3O6. The fraction of sp³-hybridized carbons (Fsp3) is 0.346. The summed E-state index contributed by atoms with van der Waals surface area (Å²) in [6, 6.07) is 15.2. The summed E-state index contributed by atoms with van der Waals surface area (Å²) in [5.41, 5.74) is 6.88. The molecule has 0 aromatic heterocycles. The number of amides is 1. The maximum Gasteiger partial charge on any atom is 0.491 e. The number of aryl methyl sites for hydroxylation is 1. The summed E-state index contributed by atoms with van der Waals surface area (Å²) >= 11 is 0. The average Bonchev–Trinajstić information content (AvgIpc) is 2.88. The van der Waals surface area contributed by atoms with Crippen molar-refractivity contribution >= 4 is 23.5 Å². The molecule has 1 unspecified atom stereocenters. The van der Waals surface area contributed by atoms with Gasteiger partial charge < -0.3 is 19.6 Å². The van der Waals surface area contributed by atoms with Crippen molar-refractivity contribution in [2.45, 2.75) is 44.6 Å². The number of alkyl halides is 3. The first-order chi connectivity index (χ1) is 17.8. The number of carbonyl (C=O) groups is 3. The fourth-order valence-corrected chi connectivity index (χ4v) is 3.04. The Balaban J connectivity index is 2.11. The Morgan fingerprint density at radius 2 is 1.63 bits per heavy atom. The van der Waals surface area contributed by atoms with Crippen molar-refractivity contribution in [1.29, 1.82) is 0 Å². The third-order valence-corrected chi connectivity index (χ3v) is 5.40. The van der Waals surface area contributed by atoms with Crippen LogP contribution in [0.2, 0.25) is 0 Å². The highest BCUT2D eigenvalue weighted by Gasteiger charge is 2.51. The minimum absolute atomic E-state index is 0.325. The molecule has 0 saturated heterocycles. The molecule has 206 valence electrons. The zero-order valence-electron chi connectivity index (χ0n) is 21.1. The first kappa shape index (κ1) is 30.3. The van der Waals surface area contributed by atoms with Crippen molar-refractivity contribution in [2.24, 2.45) is 11.7 Å². The van der Waals surface area contributed by atoms with Gasteiger partial charge >= 0.3 is 18.1 Å². The molecule has 0 bridgehead atoms. The van der Waals surface area contributed by atoms with Gasteiger partial charge in [-0.25, -0.2) is 9.59 Å². The van der Waals surface area contributed by atoms with Crippen LogP contribution in [0.3, 0.4) is 0 Å². The molecule has 0 fully saturated rings. The molecule has 2 rings (SSSR count). The normalized spacial score (nSPS) is 14.0. The second-order valence-corrected chi connectivity index (χ2v) is 8.55. The van der Waals surface area contributed by atoms with Gasteiger partial charge in [-0.15, -0.1) is 5.48 Å². The summed E-state index contributed by atoms with van der Waals surface area (Å²) in [4.78, 5) is 41.3. The van der Waals surface area contributed by atoms with Crippen LogP contribution in [-0.2, 0) is 30.4 Å². The first-order valence-electron chi connectivity index (χ1n) is 11.6. The smallest absolute Gasteiger partial charge is 0.491 e. The van der Waals surface area contributed by atoms with E-state index in [-0.39, 0.29) is 0 Å². The van der Waals surface area contributed by atoms with E-state index in [1.807, 2.05) is 30.3 Å². The van der Waals surface area contributed by atoms with Crippen LogP contribution < -0.4 is 21.3 Å². The molecular weight excluding hydrogens is 507 g/mol. The van der Waals surface area contributed by atoms with E-state index in [2.05, 4.69) is 15.5 Å². The van der Waals surface area contributed by atoms with Gasteiger partial charge in [0.1, 0.15) is 5.75 Å². The van der Waals surface area contributed by atoms with Gasteiger partial charge in [-0.05, 0) is 42.7 Å². The standard InChI is InChI=1S/C26H30F3N3O6/c1-17(2)25(30,37-24(35)26(27,28)29)23(34)38-32-20(10-9-18-7-5-4-6-8-18)13-16-22(33)31-19-11-14-21(36-3)15-12-19/h4-8,11-17,20,32H,9-10,30H2,1-3H3,(H,31,33)/b16-13+/t20?,25-/m1/s1. The Hall–Kier alpha value is -3.90. The number of anilines is 1. The molecule has 2 atom stereocenters. The number of halogens is 3.